The van der Waals surface area contributed by atoms with Crippen LogP contribution >= 0.6 is 11.3 Å². The summed E-state index contributed by atoms with van der Waals surface area (Å²) in [5.74, 6) is 0.933. The third-order valence-electron chi connectivity index (χ3n) is 6.79. The Morgan fingerprint density at radius 2 is 1.86 bits per heavy atom. The monoisotopic (exact) mass is 493 g/mol. The molecule has 1 aromatic heterocycles. The lowest BCUT2D eigenvalue weighted by molar-refractivity contribution is 0.306. The van der Waals surface area contributed by atoms with Crippen LogP contribution in [-0.2, 0) is 13.1 Å². The van der Waals surface area contributed by atoms with Crippen LogP contribution in [0.15, 0.2) is 72.7 Å². The summed E-state index contributed by atoms with van der Waals surface area (Å²) in [6, 6.07) is 20.8. The number of guanidine groups is 1. The summed E-state index contributed by atoms with van der Waals surface area (Å²) in [6.45, 7) is 14.2. The number of thiophene rings is 1. The third-order valence-corrected chi connectivity index (χ3v) is 8.02. The molecule has 0 unspecified atom stereocenters. The quantitative estimate of drug-likeness (QED) is 0.418. The molecule has 1 saturated heterocycles. The maximum atomic E-state index is 9.65. The molecule has 0 spiro atoms. The van der Waals surface area contributed by atoms with E-state index in [-0.39, 0.29) is 0 Å². The lowest BCUT2D eigenvalue weighted by Crippen LogP contribution is -2.46. The van der Waals surface area contributed by atoms with E-state index in [2.05, 4.69) is 71.6 Å². The van der Waals surface area contributed by atoms with Crippen molar-refractivity contribution in [2.45, 2.75) is 39.3 Å². The fourth-order valence-corrected chi connectivity index (χ4v) is 5.70. The molecule has 1 fully saturated rings. The van der Waals surface area contributed by atoms with Crippen LogP contribution in [0.5, 0.6) is 0 Å². The van der Waals surface area contributed by atoms with E-state index in [1.807, 2.05) is 24.3 Å². The molecule has 182 valence electrons. The molecule has 3 heterocycles. The van der Waals surface area contributed by atoms with Crippen LogP contribution in [-0.4, -0.2) is 28.8 Å². The van der Waals surface area contributed by atoms with Gasteiger partial charge in [-0.15, -0.1) is 11.3 Å². The first-order valence-electron chi connectivity index (χ1n) is 12.4. The Bertz CT molecular complexity index is 1350. The largest absolute Gasteiger partial charge is 0.380 e. The highest BCUT2D eigenvalue weighted by atomic mass is 32.1. The van der Waals surface area contributed by atoms with Crippen LogP contribution in [0.2, 0.25) is 0 Å². The van der Waals surface area contributed by atoms with Crippen molar-refractivity contribution in [1.29, 1.82) is 5.26 Å². The molecule has 0 atom stereocenters. The molecule has 0 bridgehead atoms. The minimum atomic E-state index is 0.567. The summed E-state index contributed by atoms with van der Waals surface area (Å²) in [7, 11) is 0. The van der Waals surface area contributed by atoms with Crippen LogP contribution in [0.1, 0.15) is 51.3 Å². The number of hydrogen-bond donors (Lipinski definition) is 1. The van der Waals surface area contributed by atoms with Crippen molar-refractivity contribution in [3.05, 3.63) is 99.8 Å². The van der Waals surface area contributed by atoms with Gasteiger partial charge >= 0.3 is 0 Å². The maximum absolute atomic E-state index is 9.65. The zero-order chi connectivity index (χ0) is 25.1. The number of aliphatic imine (C=N–C) groups is 1. The summed E-state index contributed by atoms with van der Waals surface area (Å²) in [4.78, 5) is 11.8. The minimum absolute atomic E-state index is 0.567. The van der Waals surface area contributed by atoms with E-state index in [1.165, 1.54) is 17.5 Å². The molecular formula is C30H31N5S. The van der Waals surface area contributed by atoms with Gasteiger partial charge < -0.3 is 15.1 Å². The zero-order valence-corrected chi connectivity index (χ0v) is 21.6. The molecule has 3 aromatic rings. The molecule has 2 aliphatic rings. The average Bonchev–Trinajstić information content (AvgIpc) is 3.35. The fourth-order valence-electron chi connectivity index (χ4n) is 4.67. The highest BCUT2D eigenvalue weighted by Crippen LogP contribution is 2.42. The molecule has 0 amide bonds. The Balaban J connectivity index is 1.42. The van der Waals surface area contributed by atoms with Gasteiger partial charge in [0.15, 0.2) is 0 Å². The summed E-state index contributed by atoms with van der Waals surface area (Å²) >= 11 is 1.67. The summed E-state index contributed by atoms with van der Waals surface area (Å²) in [6.07, 6.45) is 3.58. The number of nitrogens with one attached hydrogen (secondary N) is 1. The molecule has 5 rings (SSSR count). The number of nitrogens with zero attached hydrogens (tertiary/aromatic N) is 4. The molecule has 0 radical (unpaired) electrons. The lowest BCUT2D eigenvalue weighted by Gasteiger charge is -2.39. The van der Waals surface area contributed by atoms with Crippen molar-refractivity contribution in [2.75, 3.05) is 13.1 Å². The molecular weight excluding hydrogens is 462 g/mol. The smallest absolute Gasteiger partial charge is 0.206 e. The van der Waals surface area contributed by atoms with Gasteiger partial charge in [0.05, 0.1) is 39.3 Å². The molecule has 6 heteroatoms. The number of likely N-dealkylation sites (tertiary alicyclic amines) is 1. The Labute approximate surface area is 217 Å². The molecule has 2 aliphatic heterocycles. The second kappa shape index (κ2) is 10.4. The number of hydrogen-bond acceptors (Lipinski definition) is 6. The number of fused-ring (bicyclic) bond motifs is 1. The van der Waals surface area contributed by atoms with Gasteiger partial charge in [0.25, 0.3) is 0 Å². The Kier molecular flexibility index (Phi) is 6.92. The topological polar surface area (TPSA) is 54.7 Å². The third kappa shape index (κ3) is 4.93. The Hall–Kier alpha value is -3.82. The minimum Gasteiger partial charge on any atom is -0.380 e. The molecule has 1 N–H and O–H groups in total. The van der Waals surface area contributed by atoms with Crippen molar-refractivity contribution in [3.63, 3.8) is 0 Å². The van der Waals surface area contributed by atoms with Crippen LogP contribution in [0.4, 0.5) is 5.69 Å². The van der Waals surface area contributed by atoms with Gasteiger partial charge in [-0.05, 0) is 49.4 Å². The summed E-state index contributed by atoms with van der Waals surface area (Å²) < 4.78 is 0. The number of aryl methyl sites for hydroxylation is 1. The van der Waals surface area contributed by atoms with Crippen LogP contribution < -0.4 is 5.32 Å². The van der Waals surface area contributed by atoms with Gasteiger partial charge in [-0.3, -0.25) is 0 Å². The SMILES string of the molecule is C=C(NCc1ccc(C)cc1)c1cc2c(s1)C(=C)N(Cc1ccccc1C#N)C(N1CCCCC1)=N2. The van der Waals surface area contributed by atoms with E-state index in [0.29, 0.717) is 12.1 Å². The number of piperidine rings is 1. The molecule has 0 saturated carbocycles. The Morgan fingerprint density at radius 1 is 1.11 bits per heavy atom. The summed E-state index contributed by atoms with van der Waals surface area (Å²) in [5, 5.41) is 13.1. The average molecular weight is 494 g/mol. The van der Waals surface area contributed by atoms with E-state index in [1.54, 1.807) is 11.3 Å². The van der Waals surface area contributed by atoms with Crippen LogP contribution in [0.3, 0.4) is 0 Å². The van der Waals surface area contributed by atoms with Gasteiger partial charge in [0.2, 0.25) is 5.96 Å². The van der Waals surface area contributed by atoms with Crippen molar-refractivity contribution in [2.24, 2.45) is 4.99 Å². The second-order valence-corrected chi connectivity index (χ2v) is 10.5. The summed E-state index contributed by atoms with van der Waals surface area (Å²) in [5.41, 5.74) is 6.91. The number of nitriles is 1. The Morgan fingerprint density at radius 3 is 2.61 bits per heavy atom. The molecule has 0 aliphatic carbocycles. The predicted molar refractivity (Wildman–Crippen MR) is 150 cm³/mol. The first-order chi connectivity index (χ1) is 17.5. The standard InChI is InChI=1S/C30H31N5S/c1-21-11-13-24(14-12-21)19-32-22(2)28-17-27-29(36-28)23(3)35(20-26-10-6-5-9-25(26)18-31)30(33-27)34-15-7-4-8-16-34/h5-6,9-14,17,32H,2-4,7-8,15-16,19-20H2,1H3. The van der Waals surface area contributed by atoms with E-state index >= 15 is 0 Å². The molecule has 5 nitrogen and oxygen atoms in total. The van der Waals surface area contributed by atoms with Gasteiger partial charge in [-0.1, -0.05) is 61.2 Å². The van der Waals surface area contributed by atoms with E-state index < -0.39 is 0 Å². The van der Waals surface area contributed by atoms with Gasteiger partial charge in [-0.2, -0.15) is 5.26 Å². The number of rotatable bonds is 6. The first-order valence-corrected chi connectivity index (χ1v) is 13.3. The molecule has 2 aromatic carbocycles. The van der Waals surface area contributed by atoms with Crippen LogP contribution in [0, 0.1) is 18.3 Å². The second-order valence-electron chi connectivity index (χ2n) is 9.40. The highest BCUT2D eigenvalue weighted by molar-refractivity contribution is 7.14. The molecule has 36 heavy (non-hydrogen) atoms. The lowest BCUT2D eigenvalue weighted by atomic mass is 10.1. The van der Waals surface area contributed by atoms with Gasteiger partial charge in [0.1, 0.15) is 0 Å². The van der Waals surface area contributed by atoms with Gasteiger partial charge in [0, 0.05) is 25.3 Å². The first kappa shape index (κ1) is 23.9. The fraction of sp³-hybridized carbons (Fsp3) is 0.267. The van der Waals surface area contributed by atoms with Gasteiger partial charge in [-0.25, -0.2) is 4.99 Å². The van der Waals surface area contributed by atoms with Crippen molar-refractivity contribution >= 4 is 34.4 Å². The van der Waals surface area contributed by atoms with E-state index in [9.17, 15) is 5.26 Å². The maximum Gasteiger partial charge on any atom is 0.206 e. The van der Waals surface area contributed by atoms with Crippen LogP contribution in [0.25, 0.3) is 11.4 Å². The number of benzene rings is 2. The van der Waals surface area contributed by atoms with Crippen molar-refractivity contribution < 1.29 is 0 Å². The predicted octanol–water partition coefficient (Wildman–Crippen LogP) is 6.65. The van der Waals surface area contributed by atoms with Crippen molar-refractivity contribution in [1.82, 2.24) is 15.1 Å². The van der Waals surface area contributed by atoms with E-state index in [4.69, 9.17) is 4.99 Å². The normalized spacial score (nSPS) is 15.2. The zero-order valence-electron chi connectivity index (χ0n) is 20.8. The van der Waals surface area contributed by atoms with Crippen molar-refractivity contribution in [3.8, 4) is 6.07 Å². The highest BCUT2D eigenvalue weighted by Gasteiger charge is 2.31. The van der Waals surface area contributed by atoms with E-state index in [0.717, 1.165) is 70.8 Å².